The summed E-state index contributed by atoms with van der Waals surface area (Å²) in [4.78, 5) is 10.7. The molecule has 0 saturated heterocycles. The lowest BCUT2D eigenvalue weighted by Crippen LogP contribution is -2.19. The molecule has 0 aromatic rings. The Balaban J connectivity index is 2.24. The molecule has 0 amide bonds. The number of alkyl halides is 1. The van der Waals surface area contributed by atoms with Gasteiger partial charge in [-0.1, -0.05) is 25.7 Å². The third kappa shape index (κ3) is 2.47. The van der Waals surface area contributed by atoms with Crippen molar-refractivity contribution in [1.82, 2.24) is 0 Å². The molecule has 0 heterocycles. The van der Waals surface area contributed by atoms with Crippen LogP contribution in [0.25, 0.3) is 0 Å². The van der Waals surface area contributed by atoms with Crippen LogP contribution in [0, 0.1) is 5.92 Å². The molecule has 0 bridgehead atoms. The maximum absolute atomic E-state index is 13.0. The average Bonchev–Trinajstić information content (AvgIpc) is 2.55. The molecule has 1 fully saturated rings. The monoisotopic (exact) mass is 174 g/mol. The second-order valence-electron chi connectivity index (χ2n) is 3.38. The molecular formula is C9H15FO2. The summed E-state index contributed by atoms with van der Waals surface area (Å²) in [5, 5.41) is 0. The van der Waals surface area contributed by atoms with Crippen molar-refractivity contribution in [2.75, 3.05) is 7.11 Å². The number of esters is 1. The average molecular weight is 174 g/mol. The van der Waals surface area contributed by atoms with E-state index in [1.54, 1.807) is 0 Å². The quantitative estimate of drug-likeness (QED) is 0.612. The molecular weight excluding hydrogens is 159 g/mol. The number of rotatable bonds is 3. The fourth-order valence-electron chi connectivity index (χ4n) is 1.76. The van der Waals surface area contributed by atoms with Crippen LogP contribution in [0.1, 0.15) is 32.1 Å². The van der Waals surface area contributed by atoms with Crippen molar-refractivity contribution in [2.24, 2.45) is 5.92 Å². The van der Waals surface area contributed by atoms with Crippen molar-refractivity contribution < 1.29 is 13.9 Å². The molecule has 0 aliphatic heterocycles. The van der Waals surface area contributed by atoms with E-state index < -0.39 is 12.1 Å². The van der Waals surface area contributed by atoms with Gasteiger partial charge in [0.1, 0.15) is 0 Å². The predicted molar refractivity (Wildman–Crippen MR) is 43.5 cm³/mol. The standard InChI is InChI=1S/C9H15FO2/c1-12-9(11)8(10)6-7-4-2-3-5-7/h7-8H,2-6H2,1H3. The second kappa shape index (κ2) is 4.43. The number of hydrogen-bond acceptors (Lipinski definition) is 2. The van der Waals surface area contributed by atoms with Gasteiger partial charge in [0.15, 0.2) is 6.17 Å². The number of methoxy groups -OCH3 is 1. The van der Waals surface area contributed by atoms with Crippen LogP contribution in [0.5, 0.6) is 0 Å². The smallest absolute Gasteiger partial charge is 0.340 e. The highest BCUT2D eigenvalue weighted by Gasteiger charge is 2.24. The first-order valence-electron chi connectivity index (χ1n) is 4.46. The Morgan fingerprint density at radius 2 is 2.17 bits per heavy atom. The van der Waals surface area contributed by atoms with Gasteiger partial charge in [0.05, 0.1) is 7.11 Å². The number of ether oxygens (including phenoxy) is 1. The molecule has 3 heteroatoms. The van der Waals surface area contributed by atoms with Crippen molar-refractivity contribution in [1.29, 1.82) is 0 Å². The molecule has 0 aromatic carbocycles. The summed E-state index contributed by atoms with van der Waals surface area (Å²) in [6.45, 7) is 0. The van der Waals surface area contributed by atoms with E-state index in [4.69, 9.17) is 0 Å². The molecule has 0 N–H and O–H groups in total. The van der Waals surface area contributed by atoms with Crippen molar-refractivity contribution in [3.63, 3.8) is 0 Å². The summed E-state index contributed by atoms with van der Waals surface area (Å²) in [6, 6.07) is 0. The predicted octanol–water partition coefficient (Wildman–Crippen LogP) is 2.08. The van der Waals surface area contributed by atoms with Gasteiger partial charge in [0.2, 0.25) is 0 Å². The highest BCUT2D eigenvalue weighted by atomic mass is 19.1. The summed E-state index contributed by atoms with van der Waals surface area (Å²) in [5.41, 5.74) is 0. The third-order valence-corrected chi connectivity index (χ3v) is 2.47. The molecule has 70 valence electrons. The molecule has 1 rings (SSSR count). The van der Waals surface area contributed by atoms with E-state index in [-0.39, 0.29) is 0 Å². The van der Waals surface area contributed by atoms with Crippen LogP contribution in [0.4, 0.5) is 4.39 Å². The van der Waals surface area contributed by atoms with E-state index in [0.717, 1.165) is 12.8 Å². The van der Waals surface area contributed by atoms with Gasteiger partial charge in [-0.25, -0.2) is 9.18 Å². The summed E-state index contributed by atoms with van der Waals surface area (Å²) in [5.74, 6) is -0.319. The fourth-order valence-corrected chi connectivity index (χ4v) is 1.76. The number of hydrogen-bond donors (Lipinski definition) is 0. The summed E-state index contributed by atoms with van der Waals surface area (Å²) in [7, 11) is 1.23. The Labute approximate surface area is 72.1 Å². The Hall–Kier alpha value is -0.600. The Bertz CT molecular complexity index is 153. The maximum Gasteiger partial charge on any atom is 0.340 e. The van der Waals surface area contributed by atoms with Gasteiger partial charge in [-0.15, -0.1) is 0 Å². The Morgan fingerprint density at radius 3 is 2.67 bits per heavy atom. The second-order valence-corrected chi connectivity index (χ2v) is 3.38. The Morgan fingerprint density at radius 1 is 1.58 bits per heavy atom. The van der Waals surface area contributed by atoms with Gasteiger partial charge in [-0.3, -0.25) is 0 Å². The molecule has 12 heavy (non-hydrogen) atoms. The molecule has 0 spiro atoms. The molecule has 1 atom stereocenters. The summed E-state index contributed by atoms with van der Waals surface area (Å²) < 4.78 is 17.3. The molecule has 2 nitrogen and oxygen atoms in total. The van der Waals surface area contributed by atoms with Gasteiger partial charge >= 0.3 is 5.97 Å². The first-order valence-corrected chi connectivity index (χ1v) is 4.46. The first-order chi connectivity index (χ1) is 5.74. The molecule has 0 radical (unpaired) electrons. The zero-order chi connectivity index (χ0) is 8.97. The molecule has 1 aliphatic carbocycles. The zero-order valence-electron chi connectivity index (χ0n) is 7.38. The van der Waals surface area contributed by atoms with Crippen LogP contribution >= 0.6 is 0 Å². The first kappa shape index (κ1) is 9.49. The van der Waals surface area contributed by atoms with Gasteiger partial charge in [-0.2, -0.15) is 0 Å². The maximum atomic E-state index is 13.0. The highest BCUT2D eigenvalue weighted by molar-refractivity contribution is 5.74. The zero-order valence-corrected chi connectivity index (χ0v) is 7.38. The van der Waals surface area contributed by atoms with E-state index in [2.05, 4.69) is 4.74 Å². The minimum absolute atomic E-state index is 0.354. The lowest BCUT2D eigenvalue weighted by Gasteiger charge is -2.10. The molecule has 0 aromatic heterocycles. The number of carbonyl (C=O) groups excluding carboxylic acids is 1. The van der Waals surface area contributed by atoms with Crippen LogP contribution in [-0.4, -0.2) is 19.3 Å². The lowest BCUT2D eigenvalue weighted by atomic mass is 10.0. The molecule has 1 unspecified atom stereocenters. The summed E-state index contributed by atoms with van der Waals surface area (Å²) in [6.07, 6.45) is 3.44. The van der Waals surface area contributed by atoms with Crippen LogP contribution in [-0.2, 0) is 9.53 Å². The van der Waals surface area contributed by atoms with Gasteiger partial charge in [0, 0.05) is 0 Å². The van der Waals surface area contributed by atoms with Crippen LogP contribution in [0.2, 0.25) is 0 Å². The summed E-state index contributed by atoms with van der Waals surface area (Å²) >= 11 is 0. The third-order valence-electron chi connectivity index (χ3n) is 2.47. The van der Waals surface area contributed by atoms with E-state index in [1.165, 1.54) is 20.0 Å². The molecule has 1 saturated carbocycles. The van der Waals surface area contributed by atoms with Crippen LogP contribution in [0.15, 0.2) is 0 Å². The largest absolute Gasteiger partial charge is 0.467 e. The van der Waals surface area contributed by atoms with E-state index in [1.807, 2.05) is 0 Å². The topological polar surface area (TPSA) is 26.3 Å². The number of halogens is 1. The van der Waals surface area contributed by atoms with Crippen LogP contribution in [0.3, 0.4) is 0 Å². The van der Waals surface area contributed by atoms with E-state index in [9.17, 15) is 9.18 Å². The van der Waals surface area contributed by atoms with Crippen LogP contribution < -0.4 is 0 Å². The fraction of sp³-hybridized carbons (Fsp3) is 0.889. The van der Waals surface area contributed by atoms with Gasteiger partial charge < -0.3 is 4.74 Å². The highest BCUT2D eigenvalue weighted by Crippen LogP contribution is 2.29. The van der Waals surface area contributed by atoms with Crippen molar-refractivity contribution in [2.45, 2.75) is 38.3 Å². The number of carbonyl (C=O) groups is 1. The van der Waals surface area contributed by atoms with Gasteiger partial charge in [-0.05, 0) is 12.3 Å². The molecule has 1 aliphatic rings. The van der Waals surface area contributed by atoms with Crippen molar-refractivity contribution in [3.05, 3.63) is 0 Å². The van der Waals surface area contributed by atoms with E-state index >= 15 is 0 Å². The minimum atomic E-state index is -1.40. The minimum Gasteiger partial charge on any atom is -0.467 e. The lowest BCUT2D eigenvalue weighted by molar-refractivity contribution is -0.147. The van der Waals surface area contributed by atoms with Crippen molar-refractivity contribution >= 4 is 5.97 Å². The normalized spacial score (nSPS) is 20.8. The van der Waals surface area contributed by atoms with Crippen molar-refractivity contribution in [3.8, 4) is 0 Å². The van der Waals surface area contributed by atoms with Gasteiger partial charge in [0.25, 0.3) is 0 Å². The Kier molecular flexibility index (Phi) is 3.50. The van der Waals surface area contributed by atoms with E-state index in [0.29, 0.717) is 12.3 Å². The SMILES string of the molecule is COC(=O)C(F)CC1CCCC1.